The molecule has 5 heteroatoms. The van der Waals surface area contributed by atoms with Crippen LogP contribution in [0.25, 0.3) is 0 Å². The fourth-order valence-electron chi connectivity index (χ4n) is 1.81. The van der Waals surface area contributed by atoms with Crippen LogP contribution < -0.4 is 0 Å². The smallest absolute Gasteiger partial charge is 0.233 e. The number of carbonyl (C=O) groups excluding carboxylic acids is 1. The Hall–Kier alpha value is -1.07. The van der Waals surface area contributed by atoms with E-state index < -0.39 is 0 Å². The Labute approximate surface area is 110 Å². The van der Waals surface area contributed by atoms with Gasteiger partial charge in [-0.25, -0.2) is 4.39 Å². The molecular formula is C13H16FNO2S. The average Bonchev–Trinajstić information content (AvgIpc) is 2.38. The first-order chi connectivity index (χ1) is 8.65. The lowest BCUT2D eigenvalue weighted by Gasteiger charge is -2.31. The summed E-state index contributed by atoms with van der Waals surface area (Å²) in [5.41, 5.74) is 0. The van der Waals surface area contributed by atoms with Crippen molar-refractivity contribution in [1.82, 2.24) is 4.90 Å². The molecule has 1 amide bonds. The van der Waals surface area contributed by atoms with E-state index >= 15 is 0 Å². The summed E-state index contributed by atoms with van der Waals surface area (Å²) in [7, 11) is 0. The molecule has 2 rings (SSSR count). The summed E-state index contributed by atoms with van der Waals surface area (Å²) in [5, 5.41) is 0. The number of ether oxygens (including phenoxy) is 1. The van der Waals surface area contributed by atoms with Crippen molar-refractivity contribution in [2.75, 3.05) is 25.4 Å². The molecule has 3 nitrogen and oxygen atoms in total. The minimum Gasteiger partial charge on any atom is -0.375 e. The topological polar surface area (TPSA) is 29.5 Å². The number of amides is 1. The number of halogens is 1. The second-order valence-corrected chi connectivity index (χ2v) is 5.31. The maximum Gasteiger partial charge on any atom is 0.233 e. The molecule has 1 aliphatic heterocycles. The van der Waals surface area contributed by atoms with Crippen LogP contribution in [-0.2, 0) is 9.53 Å². The van der Waals surface area contributed by atoms with Crippen LogP contribution in [-0.4, -0.2) is 42.4 Å². The summed E-state index contributed by atoms with van der Waals surface area (Å²) in [5.74, 6) is 0.241. The Morgan fingerprint density at radius 1 is 1.50 bits per heavy atom. The zero-order valence-corrected chi connectivity index (χ0v) is 11.1. The van der Waals surface area contributed by atoms with E-state index in [-0.39, 0.29) is 17.8 Å². The standard InChI is InChI=1S/C13H16FNO2S/c1-10-8-15(6-7-17-10)13(16)9-18-12-4-2-11(14)3-5-12/h2-5,10H,6-9H2,1H3. The molecule has 18 heavy (non-hydrogen) atoms. The molecule has 1 heterocycles. The number of carbonyl (C=O) groups is 1. The molecule has 1 aromatic carbocycles. The van der Waals surface area contributed by atoms with Crippen molar-refractivity contribution in [1.29, 1.82) is 0 Å². The first kappa shape index (κ1) is 13.4. The van der Waals surface area contributed by atoms with E-state index in [4.69, 9.17) is 4.74 Å². The molecule has 0 aromatic heterocycles. The third-order valence-corrected chi connectivity index (χ3v) is 3.77. The van der Waals surface area contributed by atoms with Crippen LogP contribution in [0.15, 0.2) is 29.2 Å². The first-order valence-electron chi connectivity index (χ1n) is 5.93. The molecule has 1 unspecified atom stereocenters. The minimum atomic E-state index is -0.257. The van der Waals surface area contributed by atoms with Crippen molar-refractivity contribution < 1.29 is 13.9 Å². The number of thioether (sulfide) groups is 1. The zero-order chi connectivity index (χ0) is 13.0. The van der Waals surface area contributed by atoms with Gasteiger partial charge in [-0.2, -0.15) is 0 Å². The number of hydrogen-bond acceptors (Lipinski definition) is 3. The van der Waals surface area contributed by atoms with Gasteiger partial charge in [0.1, 0.15) is 5.82 Å². The number of morpholine rings is 1. The highest BCUT2D eigenvalue weighted by Gasteiger charge is 2.21. The zero-order valence-electron chi connectivity index (χ0n) is 10.3. The number of benzene rings is 1. The Bertz CT molecular complexity index is 410. The highest BCUT2D eigenvalue weighted by molar-refractivity contribution is 8.00. The molecule has 0 N–H and O–H groups in total. The lowest BCUT2D eigenvalue weighted by molar-refractivity contribution is -0.135. The average molecular weight is 269 g/mol. The summed E-state index contributed by atoms with van der Waals surface area (Å²) in [6, 6.07) is 6.19. The molecule has 1 saturated heterocycles. The van der Waals surface area contributed by atoms with Crippen molar-refractivity contribution in [2.24, 2.45) is 0 Å². The minimum absolute atomic E-state index is 0.110. The first-order valence-corrected chi connectivity index (χ1v) is 6.91. The molecule has 1 aliphatic rings. The Balaban J connectivity index is 1.82. The van der Waals surface area contributed by atoms with Crippen molar-refractivity contribution in [3.63, 3.8) is 0 Å². The number of hydrogen-bond donors (Lipinski definition) is 0. The van der Waals surface area contributed by atoms with Gasteiger partial charge in [0, 0.05) is 18.0 Å². The van der Waals surface area contributed by atoms with Gasteiger partial charge in [0.25, 0.3) is 0 Å². The van der Waals surface area contributed by atoms with E-state index in [9.17, 15) is 9.18 Å². The molecular weight excluding hydrogens is 253 g/mol. The highest BCUT2D eigenvalue weighted by atomic mass is 32.2. The lowest BCUT2D eigenvalue weighted by atomic mass is 10.3. The molecule has 0 radical (unpaired) electrons. The molecule has 0 spiro atoms. The Morgan fingerprint density at radius 3 is 2.89 bits per heavy atom. The molecule has 1 fully saturated rings. The summed E-state index contributed by atoms with van der Waals surface area (Å²) in [6.07, 6.45) is 0.110. The van der Waals surface area contributed by atoms with E-state index in [2.05, 4.69) is 0 Å². The van der Waals surface area contributed by atoms with Crippen LogP contribution in [0.5, 0.6) is 0 Å². The van der Waals surface area contributed by atoms with Gasteiger partial charge in [-0.3, -0.25) is 4.79 Å². The van der Waals surface area contributed by atoms with Crippen LogP contribution in [0.2, 0.25) is 0 Å². The van der Waals surface area contributed by atoms with Crippen molar-refractivity contribution in [2.45, 2.75) is 17.9 Å². The summed E-state index contributed by atoms with van der Waals surface area (Å²) >= 11 is 1.43. The molecule has 1 aromatic rings. The lowest BCUT2D eigenvalue weighted by Crippen LogP contribution is -2.45. The summed E-state index contributed by atoms with van der Waals surface area (Å²) < 4.78 is 18.1. The van der Waals surface area contributed by atoms with Gasteiger partial charge in [-0.15, -0.1) is 11.8 Å². The van der Waals surface area contributed by atoms with Crippen molar-refractivity contribution in [3.8, 4) is 0 Å². The van der Waals surface area contributed by atoms with E-state index in [1.165, 1.54) is 23.9 Å². The Kier molecular flexibility index (Phi) is 4.60. The maximum absolute atomic E-state index is 12.7. The SMILES string of the molecule is CC1CN(C(=O)CSc2ccc(F)cc2)CCO1. The Morgan fingerprint density at radius 2 is 2.22 bits per heavy atom. The molecule has 0 saturated carbocycles. The maximum atomic E-state index is 12.7. The fourth-order valence-corrected chi connectivity index (χ4v) is 2.61. The second-order valence-electron chi connectivity index (χ2n) is 4.26. The molecule has 0 bridgehead atoms. The van der Waals surface area contributed by atoms with E-state index in [1.54, 1.807) is 12.1 Å². The van der Waals surface area contributed by atoms with Crippen LogP contribution in [0, 0.1) is 5.82 Å². The third-order valence-electron chi connectivity index (χ3n) is 2.77. The van der Waals surface area contributed by atoms with Crippen molar-refractivity contribution in [3.05, 3.63) is 30.1 Å². The van der Waals surface area contributed by atoms with Crippen LogP contribution in [0.1, 0.15) is 6.92 Å². The second kappa shape index (κ2) is 6.20. The van der Waals surface area contributed by atoms with Crippen molar-refractivity contribution >= 4 is 17.7 Å². The molecule has 0 aliphatic carbocycles. The van der Waals surface area contributed by atoms with Gasteiger partial charge < -0.3 is 9.64 Å². The van der Waals surface area contributed by atoms with Gasteiger partial charge >= 0.3 is 0 Å². The summed E-state index contributed by atoms with van der Waals surface area (Å²) in [6.45, 7) is 3.89. The predicted octanol–water partition coefficient (Wildman–Crippen LogP) is 2.17. The quantitative estimate of drug-likeness (QED) is 0.788. The number of rotatable bonds is 3. The van der Waals surface area contributed by atoms with E-state index in [1.807, 2.05) is 11.8 Å². The predicted molar refractivity (Wildman–Crippen MR) is 69.1 cm³/mol. The normalized spacial score (nSPS) is 19.9. The van der Waals surface area contributed by atoms with E-state index in [0.717, 1.165) is 4.90 Å². The monoisotopic (exact) mass is 269 g/mol. The molecule has 98 valence electrons. The van der Waals surface area contributed by atoms with Gasteiger partial charge in [-0.05, 0) is 31.2 Å². The highest BCUT2D eigenvalue weighted by Crippen LogP contribution is 2.19. The van der Waals surface area contributed by atoms with Gasteiger partial charge in [0.05, 0.1) is 18.5 Å². The fraction of sp³-hybridized carbons (Fsp3) is 0.462. The molecule has 1 atom stereocenters. The van der Waals surface area contributed by atoms with Crippen LogP contribution >= 0.6 is 11.8 Å². The number of nitrogens with zero attached hydrogens (tertiary/aromatic N) is 1. The van der Waals surface area contributed by atoms with Crippen LogP contribution in [0.3, 0.4) is 0 Å². The largest absolute Gasteiger partial charge is 0.375 e. The van der Waals surface area contributed by atoms with Gasteiger partial charge in [0.15, 0.2) is 0 Å². The third kappa shape index (κ3) is 3.71. The summed E-state index contributed by atoms with van der Waals surface area (Å²) in [4.78, 5) is 14.7. The van der Waals surface area contributed by atoms with Crippen LogP contribution in [0.4, 0.5) is 4.39 Å². The van der Waals surface area contributed by atoms with E-state index in [0.29, 0.717) is 25.4 Å². The van der Waals surface area contributed by atoms with Gasteiger partial charge in [-0.1, -0.05) is 0 Å². The van der Waals surface area contributed by atoms with Gasteiger partial charge in [0.2, 0.25) is 5.91 Å².